The van der Waals surface area contributed by atoms with Gasteiger partial charge in [-0.05, 0) is 12.1 Å². The monoisotopic (exact) mass is 235 g/mol. The van der Waals surface area contributed by atoms with Crippen molar-refractivity contribution >= 4 is 11.6 Å². The van der Waals surface area contributed by atoms with Crippen LogP contribution in [0.25, 0.3) is 0 Å². The lowest BCUT2D eigenvalue weighted by Gasteiger charge is -2.05. The molecule has 2 N–H and O–H groups in total. The highest BCUT2D eigenvalue weighted by Crippen LogP contribution is 2.27. The van der Waals surface area contributed by atoms with Gasteiger partial charge in [0, 0.05) is 6.54 Å². The van der Waals surface area contributed by atoms with Gasteiger partial charge in [-0.25, -0.2) is 4.98 Å². The Balaban J connectivity index is 2.18. The topological polar surface area (TPSA) is 61.0 Å². The Labute approximate surface area is 98.0 Å². The summed E-state index contributed by atoms with van der Waals surface area (Å²) in [6, 6.07) is 7.18. The number of hydrogen-bond acceptors (Lipinski definition) is 4. The molecule has 0 aliphatic carbocycles. The lowest BCUT2D eigenvalue weighted by atomic mass is 10.3. The van der Waals surface area contributed by atoms with Crippen molar-refractivity contribution < 1.29 is 4.74 Å². The second-order valence-corrected chi connectivity index (χ2v) is 3.49. The van der Waals surface area contributed by atoms with E-state index in [9.17, 15) is 0 Å². The van der Waals surface area contributed by atoms with Gasteiger partial charge in [0.1, 0.15) is 5.75 Å². The largest absolute Gasteiger partial charge is 0.436 e. The first-order valence-electron chi connectivity index (χ1n) is 4.73. The number of benzene rings is 1. The van der Waals surface area contributed by atoms with E-state index in [1.807, 2.05) is 12.1 Å². The minimum atomic E-state index is 0.360. The molecule has 0 spiro atoms. The van der Waals surface area contributed by atoms with Crippen LogP contribution < -0.4 is 10.5 Å². The van der Waals surface area contributed by atoms with Gasteiger partial charge < -0.3 is 10.5 Å². The molecule has 0 saturated carbocycles. The highest BCUT2D eigenvalue weighted by Gasteiger charge is 2.03. The molecule has 0 aliphatic heterocycles. The van der Waals surface area contributed by atoms with Crippen LogP contribution in [0, 0.1) is 0 Å². The van der Waals surface area contributed by atoms with Crippen LogP contribution in [0.15, 0.2) is 36.7 Å². The Kier molecular flexibility index (Phi) is 3.34. The third-order valence-electron chi connectivity index (χ3n) is 1.94. The highest BCUT2D eigenvalue weighted by molar-refractivity contribution is 6.32. The predicted octanol–water partition coefficient (Wildman–Crippen LogP) is 2.38. The van der Waals surface area contributed by atoms with Crippen LogP contribution in [0.1, 0.15) is 5.69 Å². The zero-order valence-corrected chi connectivity index (χ0v) is 9.19. The molecule has 1 heterocycles. The van der Waals surface area contributed by atoms with E-state index in [4.69, 9.17) is 22.1 Å². The molecule has 1 aromatic heterocycles. The van der Waals surface area contributed by atoms with Crippen molar-refractivity contribution in [2.75, 3.05) is 0 Å². The number of nitrogens with two attached hydrogens (primary N) is 1. The van der Waals surface area contributed by atoms with Gasteiger partial charge in [0.15, 0.2) is 0 Å². The van der Waals surface area contributed by atoms with Gasteiger partial charge in [0.05, 0.1) is 23.1 Å². The Morgan fingerprint density at radius 1 is 1.19 bits per heavy atom. The van der Waals surface area contributed by atoms with Gasteiger partial charge in [-0.2, -0.15) is 0 Å². The van der Waals surface area contributed by atoms with Crippen molar-refractivity contribution in [1.29, 1.82) is 0 Å². The average Bonchev–Trinajstić information content (AvgIpc) is 2.33. The summed E-state index contributed by atoms with van der Waals surface area (Å²) in [5.74, 6) is 0.948. The quantitative estimate of drug-likeness (QED) is 0.887. The fourth-order valence-electron chi connectivity index (χ4n) is 1.14. The van der Waals surface area contributed by atoms with E-state index in [0.717, 1.165) is 0 Å². The van der Waals surface area contributed by atoms with E-state index in [2.05, 4.69) is 9.97 Å². The van der Waals surface area contributed by atoms with Crippen LogP contribution in [0.2, 0.25) is 5.02 Å². The molecule has 0 saturated heterocycles. The van der Waals surface area contributed by atoms with Crippen LogP contribution in [0.3, 0.4) is 0 Å². The summed E-state index contributed by atoms with van der Waals surface area (Å²) in [7, 11) is 0. The molecule has 2 rings (SSSR count). The molecular formula is C11H10ClN3O. The Morgan fingerprint density at radius 2 is 2.00 bits per heavy atom. The number of aromatic nitrogens is 2. The SMILES string of the molecule is NCc1cnc(Oc2ccccc2Cl)cn1. The van der Waals surface area contributed by atoms with Gasteiger partial charge in [0.25, 0.3) is 0 Å². The van der Waals surface area contributed by atoms with Crippen LogP contribution in [-0.2, 0) is 6.54 Å². The van der Waals surface area contributed by atoms with E-state index in [1.165, 1.54) is 6.20 Å². The molecule has 1 aromatic carbocycles. The maximum absolute atomic E-state index is 5.94. The molecule has 16 heavy (non-hydrogen) atoms. The number of hydrogen-bond donors (Lipinski definition) is 1. The maximum Gasteiger partial charge on any atom is 0.237 e. The Morgan fingerprint density at radius 3 is 2.62 bits per heavy atom. The number of nitrogens with zero attached hydrogens (tertiary/aromatic N) is 2. The van der Waals surface area contributed by atoms with Crippen LogP contribution in [0.4, 0.5) is 0 Å². The van der Waals surface area contributed by atoms with Gasteiger partial charge in [-0.1, -0.05) is 23.7 Å². The number of halogens is 1. The van der Waals surface area contributed by atoms with Crippen molar-refractivity contribution in [2.45, 2.75) is 6.54 Å². The summed E-state index contributed by atoms with van der Waals surface area (Å²) in [4.78, 5) is 8.13. The van der Waals surface area contributed by atoms with E-state index in [1.54, 1.807) is 18.3 Å². The summed E-state index contributed by atoms with van der Waals surface area (Å²) in [6.07, 6.45) is 3.09. The highest BCUT2D eigenvalue weighted by atomic mass is 35.5. The summed E-state index contributed by atoms with van der Waals surface area (Å²) in [5.41, 5.74) is 6.13. The zero-order valence-electron chi connectivity index (χ0n) is 8.43. The molecule has 0 fully saturated rings. The molecule has 82 valence electrons. The number of ether oxygens (including phenoxy) is 1. The molecule has 0 radical (unpaired) electrons. The van der Waals surface area contributed by atoms with Gasteiger partial charge in [-0.3, -0.25) is 4.98 Å². The summed E-state index contributed by atoms with van der Waals surface area (Å²) in [6.45, 7) is 0.360. The van der Waals surface area contributed by atoms with E-state index in [0.29, 0.717) is 28.9 Å². The molecule has 2 aromatic rings. The molecule has 0 atom stereocenters. The standard InChI is InChI=1S/C11H10ClN3O/c12-9-3-1-2-4-10(9)16-11-7-14-8(5-13)6-15-11/h1-4,6-7H,5,13H2. The van der Waals surface area contributed by atoms with Gasteiger partial charge >= 0.3 is 0 Å². The molecule has 0 unspecified atom stereocenters. The minimum absolute atomic E-state index is 0.360. The van der Waals surface area contributed by atoms with Crippen LogP contribution >= 0.6 is 11.6 Å². The second kappa shape index (κ2) is 4.92. The summed E-state index contributed by atoms with van der Waals surface area (Å²) < 4.78 is 5.46. The fraction of sp³-hybridized carbons (Fsp3) is 0.0909. The second-order valence-electron chi connectivity index (χ2n) is 3.08. The van der Waals surface area contributed by atoms with Crippen molar-refractivity contribution in [3.8, 4) is 11.6 Å². The molecule has 4 nitrogen and oxygen atoms in total. The lowest BCUT2D eigenvalue weighted by Crippen LogP contribution is -2.00. The average molecular weight is 236 g/mol. The normalized spacial score (nSPS) is 10.1. The third kappa shape index (κ3) is 2.48. The summed E-state index contributed by atoms with van der Waals surface area (Å²) in [5, 5.41) is 0.534. The van der Waals surface area contributed by atoms with Crippen molar-refractivity contribution in [1.82, 2.24) is 9.97 Å². The van der Waals surface area contributed by atoms with Crippen molar-refractivity contribution in [3.63, 3.8) is 0 Å². The lowest BCUT2D eigenvalue weighted by molar-refractivity contribution is 0.459. The molecule has 0 aliphatic rings. The summed E-state index contributed by atoms with van der Waals surface area (Å²) >= 11 is 5.94. The Bertz CT molecular complexity index is 473. The first kappa shape index (κ1) is 10.9. The zero-order chi connectivity index (χ0) is 11.4. The van der Waals surface area contributed by atoms with Crippen LogP contribution in [0.5, 0.6) is 11.6 Å². The number of rotatable bonds is 3. The minimum Gasteiger partial charge on any atom is -0.436 e. The smallest absolute Gasteiger partial charge is 0.237 e. The first-order chi connectivity index (χ1) is 7.79. The third-order valence-corrected chi connectivity index (χ3v) is 2.25. The van der Waals surface area contributed by atoms with Gasteiger partial charge in [-0.15, -0.1) is 0 Å². The molecule has 0 bridgehead atoms. The van der Waals surface area contributed by atoms with E-state index >= 15 is 0 Å². The number of para-hydroxylation sites is 1. The first-order valence-corrected chi connectivity index (χ1v) is 5.11. The van der Waals surface area contributed by atoms with Crippen molar-refractivity contribution in [2.24, 2.45) is 5.73 Å². The fourth-order valence-corrected chi connectivity index (χ4v) is 1.32. The molecule has 0 amide bonds. The maximum atomic E-state index is 5.94. The Hall–Kier alpha value is -1.65. The van der Waals surface area contributed by atoms with Gasteiger partial charge in [0.2, 0.25) is 5.88 Å². The molecular weight excluding hydrogens is 226 g/mol. The van der Waals surface area contributed by atoms with E-state index in [-0.39, 0.29) is 0 Å². The van der Waals surface area contributed by atoms with Crippen molar-refractivity contribution in [3.05, 3.63) is 47.4 Å². The van der Waals surface area contributed by atoms with E-state index < -0.39 is 0 Å². The molecule has 5 heteroatoms. The van der Waals surface area contributed by atoms with Crippen LogP contribution in [-0.4, -0.2) is 9.97 Å². The predicted molar refractivity (Wildman–Crippen MR) is 61.4 cm³/mol.